The van der Waals surface area contributed by atoms with Crippen LogP contribution in [0.3, 0.4) is 0 Å². The maximum atomic E-state index is 4.48. The highest BCUT2D eigenvalue weighted by Gasteiger charge is 2.23. The standard InChI is InChI=1S/C13H16N4/c1-14-11-5-4-6-12-10(11)9-16-17(12)13-7-2-3-8-15-13/h2-3,7-9,11,14H,4-6H2,1H3. The molecule has 3 rings (SSSR count). The minimum atomic E-state index is 0.441. The fourth-order valence-electron chi connectivity index (χ4n) is 2.53. The molecule has 4 heteroatoms. The molecule has 2 aromatic rings. The summed E-state index contributed by atoms with van der Waals surface area (Å²) in [6.07, 6.45) is 7.27. The highest BCUT2D eigenvalue weighted by atomic mass is 15.3. The van der Waals surface area contributed by atoms with Gasteiger partial charge < -0.3 is 5.32 Å². The zero-order chi connectivity index (χ0) is 11.7. The van der Waals surface area contributed by atoms with Gasteiger partial charge >= 0.3 is 0 Å². The van der Waals surface area contributed by atoms with E-state index in [-0.39, 0.29) is 0 Å². The Labute approximate surface area is 101 Å². The summed E-state index contributed by atoms with van der Waals surface area (Å²) in [6.45, 7) is 0. The lowest BCUT2D eigenvalue weighted by Gasteiger charge is -2.22. The van der Waals surface area contributed by atoms with Crippen LogP contribution < -0.4 is 5.32 Å². The second-order valence-corrected chi connectivity index (χ2v) is 4.38. The topological polar surface area (TPSA) is 42.7 Å². The molecule has 2 heterocycles. The van der Waals surface area contributed by atoms with E-state index in [2.05, 4.69) is 15.4 Å². The Kier molecular flexibility index (Phi) is 2.65. The molecule has 0 aromatic carbocycles. The van der Waals surface area contributed by atoms with Gasteiger partial charge in [-0.15, -0.1) is 0 Å². The van der Waals surface area contributed by atoms with Crippen LogP contribution in [0.25, 0.3) is 5.82 Å². The lowest BCUT2D eigenvalue weighted by atomic mass is 9.93. The zero-order valence-corrected chi connectivity index (χ0v) is 9.93. The zero-order valence-electron chi connectivity index (χ0n) is 9.93. The summed E-state index contributed by atoms with van der Waals surface area (Å²) in [5, 5.41) is 7.83. The van der Waals surface area contributed by atoms with E-state index < -0.39 is 0 Å². The van der Waals surface area contributed by atoms with Gasteiger partial charge in [-0.25, -0.2) is 9.67 Å². The van der Waals surface area contributed by atoms with Crippen molar-refractivity contribution in [2.45, 2.75) is 25.3 Å². The van der Waals surface area contributed by atoms with Crippen molar-refractivity contribution >= 4 is 0 Å². The molecule has 0 saturated heterocycles. The van der Waals surface area contributed by atoms with Gasteiger partial charge in [-0.1, -0.05) is 6.07 Å². The smallest absolute Gasteiger partial charge is 0.153 e. The number of hydrogen-bond acceptors (Lipinski definition) is 3. The van der Waals surface area contributed by atoms with E-state index in [0.717, 1.165) is 12.2 Å². The van der Waals surface area contributed by atoms with Crippen molar-refractivity contribution in [3.8, 4) is 5.82 Å². The molecule has 1 aliphatic rings. The molecule has 0 spiro atoms. The van der Waals surface area contributed by atoms with Crippen LogP contribution in [0.15, 0.2) is 30.6 Å². The van der Waals surface area contributed by atoms with Gasteiger partial charge in [-0.3, -0.25) is 0 Å². The minimum Gasteiger partial charge on any atom is -0.313 e. The van der Waals surface area contributed by atoms with Crippen LogP contribution in [0.2, 0.25) is 0 Å². The maximum Gasteiger partial charge on any atom is 0.153 e. The van der Waals surface area contributed by atoms with Gasteiger partial charge in [0.05, 0.1) is 11.9 Å². The molecular formula is C13H16N4. The Bertz CT molecular complexity index is 503. The number of pyridine rings is 1. The molecule has 2 aromatic heterocycles. The molecule has 0 saturated carbocycles. The summed E-state index contributed by atoms with van der Waals surface area (Å²) in [7, 11) is 2.01. The number of nitrogens with zero attached hydrogens (tertiary/aromatic N) is 3. The molecule has 0 amide bonds. The van der Waals surface area contributed by atoms with E-state index in [1.54, 1.807) is 0 Å². The van der Waals surface area contributed by atoms with Gasteiger partial charge in [0.15, 0.2) is 5.82 Å². The second-order valence-electron chi connectivity index (χ2n) is 4.38. The van der Waals surface area contributed by atoms with Crippen molar-refractivity contribution in [3.63, 3.8) is 0 Å². The minimum absolute atomic E-state index is 0.441. The van der Waals surface area contributed by atoms with E-state index in [4.69, 9.17) is 0 Å². The van der Waals surface area contributed by atoms with Crippen LogP contribution in [-0.4, -0.2) is 21.8 Å². The molecule has 88 valence electrons. The molecule has 1 N–H and O–H groups in total. The normalized spacial score (nSPS) is 19.0. The van der Waals surface area contributed by atoms with Gasteiger partial charge in [0, 0.05) is 17.8 Å². The van der Waals surface area contributed by atoms with Crippen molar-refractivity contribution in [2.75, 3.05) is 7.05 Å². The van der Waals surface area contributed by atoms with Crippen molar-refractivity contribution < 1.29 is 0 Å². The first-order valence-corrected chi connectivity index (χ1v) is 6.05. The van der Waals surface area contributed by atoms with Crippen molar-refractivity contribution in [3.05, 3.63) is 41.9 Å². The molecule has 0 fully saturated rings. The lowest BCUT2D eigenvalue weighted by molar-refractivity contribution is 0.489. The van der Waals surface area contributed by atoms with Crippen LogP contribution in [0.4, 0.5) is 0 Å². The summed E-state index contributed by atoms with van der Waals surface area (Å²) in [4.78, 5) is 4.36. The number of rotatable bonds is 2. The van der Waals surface area contributed by atoms with Crippen molar-refractivity contribution in [2.24, 2.45) is 0 Å². The first-order valence-electron chi connectivity index (χ1n) is 6.05. The third-order valence-electron chi connectivity index (χ3n) is 3.40. The highest BCUT2D eigenvalue weighted by molar-refractivity contribution is 5.32. The third-order valence-corrected chi connectivity index (χ3v) is 3.40. The van der Waals surface area contributed by atoms with Gasteiger partial charge in [0.1, 0.15) is 0 Å². The SMILES string of the molecule is CNC1CCCc2c1cnn2-c1ccccn1. The summed E-state index contributed by atoms with van der Waals surface area (Å²) in [5.41, 5.74) is 2.62. The summed E-state index contributed by atoms with van der Waals surface area (Å²) in [6, 6.07) is 6.36. The van der Waals surface area contributed by atoms with E-state index in [9.17, 15) is 0 Å². The first kappa shape index (κ1) is 10.5. The summed E-state index contributed by atoms with van der Waals surface area (Å²) in [5.74, 6) is 0.908. The van der Waals surface area contributed by atoms with Crippen LogP contribution in [0.1, 0.15) is 30.1 Å². The quantitative estimate of drug-likeness (QED) is 0.853. The molecule has 0 aliphatic heterocycles. The Balaban J connectivity index is 2.06. The predicted octanol–water partition coefficient (Wildman–Crippen LogP) is 1.86. The fourth-order valence-corrected chi connectivity index (χ4v) is 2.53. The molecule has 1 unspecified atom stereocenters. The first-order chi connectivity index (χ1) is 8.40. The van der Waals surface area contributed by atoms with E-state index in [0.29, 0.717) is 6.04 Å². The Morgan fingerprint density at radius 1 is 1.41 bits per heavy atom. The molecule has 17 heavy (non-hydrogen) atoms. The third kappa shape index (κ3) is 1.74. The predicted molar refractivity (Wildman–Crippen MR) is 66.1 cm³/mol. The van der Waals surface area contributed by atoms with E-state index >= 15 is 0 Å². The maximum absolute atomic E-state index is 4.48. The van der Waals surface area contributed by atoms with Gasteiger partial charge in [-0.2, -0.15) is 5.10 Å². The van der Waals surface area contributed by atoms with Gasteiger partial charge in [0.2, 0.25) is 0 Å². The fraction of sp³-hybridized carbons (Fsp3) is 0.385. The molecule has 4 nitrogen and oxygen atoms in total. The largest absolute Gasteiger partial charge is 0.313 e. The average molecular weight is 228 g/mol. The van der Waals surface area contributed by atoms with Crippen LogP contribution >= 0.6 is 0 Å². The number of aromatic nitrogens is 3. The summed E-state index contributed by atoms with van der Waals surface area (Å²) < 4.78 is 1.97. The molecule has 1 aliphatic carbocycles. The van der Waals surface area contributed by atoms with E-state index in [1.165, 1.54) is 24.1 Å². The summed E-state index contributed by atoms with van der Waals surface area (Å²) >= 11 is 0. The molecule has 1 atom stereocenters. The number of nitrogens with one attached hydrogen (secondary N) is 1. The van der Waals surface area contributed by atoms with Gasteiger partial charge in [0.25, 0.3) is 0 Å². The van der Waals surface area contributed by atoms with Crippen LogP contribution in [0.5, 0.6) is 0 Å². The monoisotopic (exact) mass is 228 g/mol. The molecule has 0 radical (unpaired) electrons. The number of fused-ring (bicyclic) bond motifs is 1. The number of hydrogen-bond donors (Lipinski definition) is 1. The highest BCUT2D eigenvalue weighted by Crippen LogP contribution is 2.30. The second kappa shape index (κ2) is 4.30. The van der Waals surface area contributed by atoms with Crippen molar-refractivity contribution in [1.29, 1.82) is 0 Å². The average Bonchev–Trinajstić information content (AvgIpc) is 2.83. The van der Waals surface area contributed by atoms with Crippen LogP contribution in [0, 0.1) is 0 Å². The Morgan fingerprint density at radius 2 is 2.35 bits per heavy atom. The Hall–Kier alpha value is -1.68. The van der Waals surface area contributed by atoms with Crippen LogP contribution in [-0.2, 0) is 6.42 Å². The molecular weight excluding hydrogens is 212 g/mol. The van der Waals surface area contributed by atoms with Crippen molar-refractivity contribution in [1.82, 2.24) is 20.1 Å². The Morgan fingerprint density at radius 3 is 3.12 bits per heavy atom. The lowest BCUT2D eigenvalue weighted by Crippen LogP contribution is -2.21. The van der Waals surface area contributed by atoms with E-state index in [1.807, 2.05) is 42.3 Å². The molecule has 0 bridgehead atoms. The van der Waals surface area contributed by atoms with Gasteiger partial charge in [-0.05, 0) is 38.4 Å².